The highest BCUT2D eigenvalue weighted by molar-refractivity contribution is 5.25. The predicted molar refractivity (Wildman–Crippen MR) is 110 cm³/mol. The zero-order valence-electron chi connectivity index (χ0n) is 17.8. The molecule has 3 fully saturated rings. The second-order valence-electron chi connectivity index (χ2n) is 11.0. The van der Waals surface area contributed by atoms with Gasteiger partial charge >= 0.3 is 0 Å². The minimum absolute atomic E-state index is 0.0741. The summed E-state index contributed by atoms with van der Waals surface area (Å²) in [5.41, 5.74) is 2.62. The van der Waals surface area contributed by atoms with Gasteiger partial charge in [0, 0.05) is 0 Å². The lowest BCUT2D eigenvalue weighted by atomic mass is 9.47. The van der Waals surface area contributed by atoms with Crippen molar-refractivity contribution in [3.63, 3.8) is 0 Å². The summed E-state index contributed by atoms with van der Waals surface area (Å²) < 4.78 is 0. The zero-order valence-corrected chi connectivity index (χ0v) is 17.8. The smallest absolute Gasteiger partial charge is 0.0577 e. The molecule has 0 bridgehead atoms. The van der Waals surface area contributed by atoms with Crippen LogP contribution in [0.1, 0.15) is 98.3 Å². The van der Waals surface area contributed by atoms with E-state index in [1.807, 2.05) is 0 Å². The van der Waals surface area contributed by atoms with Crippen molar-refractivity contribution in [3.8, 4) is 0 Å². The first-order valence-corrected chi connectivity index (χ1v) is 11.8. The van der Waals surface area contributed by atoms with Crippen LogP contribution in [0.15, 0.2) is 11.6 Å². The molecule has 1 nitrogen and oxygen atoms in total. The van der Waals surface area contributed by atoms with E-state index in [1.165, 1.54) is 57.8 Å². The van der Waals surface area contributed by atoms with Crippen LogP contribution < -0.4 is 0 Å². The van der Waals surface area contributed by atoms with Crippen LogP contribution in [0.4, 0.5) is 0 Å². The minimum Gasteiger partial charge on any atom is -0.393 e. The molecule has 0 aromatic carbocycles. The molecule has 0 aromatic heterocycles. The van der Waals surface area contributed by atoms with Crippen LogP contribution in [0, 0.1) is 40.4 Å². The largest absolute Gasteiger partial charge is 0.393 e. The summed E-state index contributed by atoms with van der Waals surface area (Å²) >= 11 is 0. The van der Waals surface area contributed by atoms with Crippen LogP contribution in [-0.4, -0.2) is 11.2 Å². The monoisotopic (exact) mass is 358 g/mol. The van der Waals surface area contributed by atoms with E-state index in [0.717, 1.165) is 42.4 Å². The van der Waals surface area contributed by atoms with Gasteiger partial charge in [0.1, 0.15) is 0 Å². The molecule has 0 heterocycles. The highest BCUT2D eigenvalue weighted by Gasteiger charge is 2.58. The number of unbranched alkanes of at least 4 members (excludes halogenated alkanes) is 1. The Morgan fingerprint density at radius 1 is 1.12 bits per heavy atom. The van der Waals surface area contributed by atoms with Crippen LogP contribution in [0.2, 0.25) is 0 Å². The Morgan fingerprint density at radius 2 is 1.92 bits per heavy atom. The van der Waals surface area contributed by atoms with Crippen LogP contribution in [0.3, 0.4) is 0 Å². The van der Waals surface area contributed by atoms with Crippen molar-refractivity contribution in [2.24, 2.45) is 40.4 Å². The molecule has 0 spiro atoms. The van der Waals surface area contributed by atoms with Crippen molar-refractivity contribution in [2.75, 3.05) is 0 Å². The van der Waals surface area contributed by atoms with Crippen molar-refractivity contribution in [1.82, 2.24) is 0 Å². The van der Waals surface area contributed by atoms with E-state index in [-0.39, 0.29) is 6.10 Å². The zero-order chi connectivity index (χ0) is 18.5. The maximum absolute atomic E-state index is 10.2. The Hall–Kier alpha value is -0.300. The number of rotatable bonds is 4. The summed E-state index contributed by atoms with van der Waals surface area (Å²) in [5, 5.41) is 10.2. The van der Waals surface area contributed by atoms with E-state index in [2.05, 4.69) is 33.8 Å². The predicted octanol–water partition coefficient (Wildman–Crippen LogP) is 6.75. The van der Waals surface area contributed by atoms with Crippen molar-refractivity contribution < 1.29 is 5.11 Å². The lowest BCUT2D eigenvalue weighted by Crippen LogP contribution is -2.50. The highest BCUT2D eigenvalue weighted by atomic mass is 16.3. The van der Waals surface area contributed by atoms with Gasteiger partial charge < -0.3 is 5.11 Å². The Bertz CT molecular complexity index is 550. The summed E-state index contributed by atoms with van der Waals surface area (Å²) in [4.78, 5) is 0. The third kappa shape index (κ3) is 2.83. The van der Waals surface area contributed by atoms with Crippen LogP contribution in [0.25, 0.3) is 0 Å². The fraction of sp³-hybridized carbons (Fsp3) is 0.920. The molecule has 4 aliphatic carbocycles. The van der Waals surface area contributed by atoms with E-state index in [1.54, 1.807) is 5.57 Å². The van der Waals surface area contributed by atoms with Gasteiger partial charge in [-0.2, -0.15) is 0 Å². The SMILES string of the molecule is CCCC[C@@H](C)C1CC[C@H]2C3CC=C4C[C@@H](O)CC[C@]4(C)[C@H]3CCC12C. The number of allylic oxidation sites excluding steroid dienone is 1. The van der Waals surface area contributed by atoms with Crippen LogP contribution >= 0.6 is 0 Å². The number of hydrogen-bond acceptors (Lipinski definition) is 1. The fourth-order valence-electron chi connectivity index (χ4n) is 8.34. The third-order valence-corrected chi connectivity index (χ3v) is 9.85. The van der Waals surface area contributed by atoms with Crippen LogP contribution in [0.5, 0.6) is 0 Å². The lowest BCUT2D eigenvalue weighted by molar-refractivity contribution is -0.0572. The van der Waals surface area contributed by atoms with Crippen molar-refractivity contribution in [1.29, 1.82) is 0 Å². The quantitative estimate of drug-likeness (QED) is 0.551. The first-order valence-electron chi connectivity index (χ1n) is 11.8. The van der Waals surface area contributed by atoms with Gasteiger partial charge in [0.15, 0.2) is 0 Å². The van der Waals surface area contributed by atoms with E-state index in [4.69, 9.17) is 0 Å². The average molecular weight is 359 g/mol. The van der Waals surface area contributed by atoms with Gasteiger partial charge in [0.25, 0.3) is 0 Å². The molecule has 0 aliphatic heterocycles. The van der Waals surface area contributed by atoms with Crippen molar-refractivity contribution in [3.05, 3.63) is 11.6 Å². The van der Waals surface area contributed by atoms with Crippen molar-refractivity contribution in [2.45, 2.75) is 104 Å². The minimum atomic E-state index is -0.0741. The van der Waals surface area contributed by atoms with Gasteiger partial charge in [-0.05, 0) is 91.8 Å². The molecule has 0 saturated heterocycles. The Balaban J connectivity index is 1.56. The molecule has 3 unspecified atom stereocenters. The summed E-state index contributed by atoms with van der Waals surface area (Å²) in [6.45, 7) is 10.1. The van der Waals surface area contributed by atoms with Gasteiger partial charge in [-0.25, -0.2) is 0 Å². The normalized spacial score (nSPS) is 49.0. The maximum Gasteiger partial charge on any atom is 0.0577 e. The van der Waals surface area contributed by atoms with Gasteiger partial charge in [0.05, 0.1) is 6.10 Å². The number of hydrogen-bond donors (Lipinski definition) is 1. The molecule has 4 aliphatic rings. The van der Waals surface area contributed by atoms with E-state index >= 15 is 0 Å². The molecular weight excluding hydrogens is 316 g/mol. The molecular formula is C25H42O. The Morgan fingerprint density at radius 3 is 2.69 bits per heavy atom. The topological polar surface area (TPSA) is 20.2 Å². The molecule has 0 radical (unpaired) electrons. The highest BCUT2D eigenvalue weighted by Crippen LogP contribution is 2.67. The molecule has 1 heteroatoms. The fourth-order valence-corrected chi connectivity index (χ4v) is 8.34. The third-order valence-electron chi connectivity index (χ3n) is 9.85. The molecule has 1 N–H and O–H groups in total. The first kappa shape index (κ1) is 19.0. The summed E-state index contributed by atoms with van der Waals surface area (Å²) in [5.74, 6) is 4.64. The van der Waals surface area contributed by atoms with E-state index in [0.29, 0.717) is 10.8 Å². The maximum atomic E-state index is 10.2. The molecule has 148 valence electrons. The summed E-state index contributed by atoms with van der Waals surface area (Å²) in [7, 11) is 0. The molecule has 8 atom stereocenters. The molecule has 0 aromatic rings. The lowest BCUT2D eigenvalue weighted by Gasteiger charge is -2.58. The Kier molecular flexibility index (Phi) is 5.08. The summed E-state index contributed by atoms with van der Waals surface area (Å²) in [6, 6.07) is 0. The van der Waals surface area contributed by atoms with Gasteiger partial charge in [-0.3, -0.25) is 0 Å². The molecule has 0 amide bonds. The average Bonchev–Trinajstić information content (AvgIpc) is 2.97. The number of aliphatic hydroxyl groups excluding tert-OH is 1. The second-order valence-corrected chi connectivity index (χ2v) is 11.0. The first-order chi connectivity index (χ1) is 12.4. The summed E-state index contributed by atoms with van der Waals surface area (Å²) in [6.07, 6.45) is 17.1. The second kappa shape index (κ2) is 6.94. The molecule has 4 rings (SSSR count). The van der Waals surface area contributed by atoms with Crippen LogP contribution in [-0.2, 0) is 0 Å². The standard InChI is InChI=1S/C25H42O/c1-5-6-7-17(2)21-10-11-22-20-9-8-18-16-19(26)12-14-24(18,3)23(20)13-15-25(21,22)4/h8,17,19-23,26H,5-7,9-16H2,1-4H3/t17-,19+,20?,21?,22+,23+,24+,25?/m1/s1. The van der Waals surface area contributed by atoms with Gasteiger partial charge in [0.2, 0.25) is 0 Å². The number of fused-ring (bicyclic) bond motifs is 5. The van der Waals surface area contributed by atoms with Gasteiger partial charge in [-0.1, -0.05) is 58.6 Å². The molecule has 26 heavy (non-hydrogen) atoms. The molecule has 3 saturated carbocycles. The Labute approximate surface area is 162 Å². The van der Waals surface area contributed by atoms with E-state index in [9.17, 15) is 5.11 Å². The van der Waals surface area contributed by atoms with E-state index < -0.39 is 0 Å². The van der Waals surface area contributed by atoms with Crippen molar-refractivity contribution >= 4 is 0 Å². The van der Waals surface area contributed by atoms with Gasteiger partial charge in [-0.15, -0.1) is 0 Å². The number of aliphatic hydroxyl groups is 1.